The van der Waals surface area contributed by atoms with E-state index < -0.39 is 12.1 Å². The number of aliphatic carboxylic acids is 1. The van der Waals surface area contributed by atoms with Crippen molar-refractivity contribution in [3.05, 3.63) is 529 Å². The highest BCUT2D eigenvalue weighted by atomic mass is 79.9. The average molecular weight is 2220 g/mol. The fourth-order valence-corrected chi connectivity index (χ4v) is 20.6. The number of carboxylic acids is 1. The molecule has 4 atom stereocenters. The van der Waals surface area contributed by atoms with E-state index >= 15 is 0 Å². The second-order valence-electron chi connectivity index (χ2n) is 36.8. The van der Waals surface area contributed by atoms with E-state index in [1.165, 1.54) is 98.5 Å². The van der Waals surface area contributed by atoms with Crippen LogP contribution in [0.4, 0.5) is 0 Å². The van der Waals surface area contributed by atoms with Crippen LogP contribution in [0.2, 0.25) is 0 Å². The van der Waals surface area contributed by atoms with Crippen molar-refractivity contribution in [2.75, 3.05) is 25.7 Å². The lowest BCUT2D eigenvalue weighted by molar-refractivity contribution is -0.136. The van der Waals surface area contributed by atoms with Crippen molar-refractivity contribution < 1.29 is 48.4 Å². The Morgan fingerprint density at radius 1 is 0.342 bits per heavy atom. The summed E-state index contributed by atoms with van der Waals surface area (Å²) < 4.78 is 20.1. The molecular formula is C130H112Br4Cl2O10. The fourth-order valence-electron chi connectivity index (χ4n) is 18.6. The molecule has 0 aromatic heterocycles. The van der Waals surface area contributed by atoms with Crippen molar-refractivity contribution >= 4 is 180 Å². The molecule has 2 heterocycles. The summed E-state index contributed by atoms with van der Waals surface area (Å²) in [6.45, 7) is 8.69. The lowest BCUT2D eigenvalue weighted by Gasteiger charge is -2.19. The van der Waals surface area contributed by atoms with E-state index in [9.17, 15) is 29.1 Å². The second kappa shape index (κ2) is 52.0. The predicted molar refractivity (Wildman–Crippen MR) is 613 cm³/mol. The molecule has 19 aromatic rings. The number of hydrogen-bond donors (Lipinski definition) is 2. The van der Waals surface area contributed by atoms with Gasteiger partial charge in [0.2, 0.25) is 5.24 Å². The molecule has 2 aliphatic heterocycles. The number of aliphatic hydroxyl groups is 1. The second-order valence-corrected chi connectivity index (χ2v) is 41.0. The summed E-state index contributed by atoms with van der Waals surface area (Å²) >= 11 is 24.1. The van der Waals surface area contributed by atoms with Gasteiger partial charge in [-0.15, -0.1) is 11.6 Å². The van der Waals surface area contributed by atoms with Gasteiger partial charge in [0, 0.05) is 73.1 Å². The molecule has 0 saturated carbocycles. The maximum absolute atomic E-state index is 12.8. The summed E-state index contributed by atoms with van der Waals surface area (Å²) in [7, 11) is 0. The van der Waals surface area contributed by atoms with Crippen LogP contribution >= 0.6 is 86.9 Å². The quantitative estimate of drug-likeness (QED) is 0.0412. The van der Waals surface area contributed by atoms with Crippen molar-refractivity contribution in [1.82, 2.24) is 0 Å². The fraction of sp³-hybridized carbons (Fsp3) is 0.177. The normalized spacial score (nSPS) is 14.5. The minimum Gasteiger partial charge on any atom is -0.481 e. The van der Waals surface area contributed by atoms with E-state index in [0.717, 1.165) is 153 Å². The largest absolute Gasteiger partial charge is 0.481 e. The number of Topliss-reactive ketones (excluding diaryl/α,β-unsaturated/α-hetero) is 3. The minimum absolute atomic E-state index is 0.0709. The number of carbonyl (C=O) groups excluding carboxylic acids is 4. The first kappa shape index (κ1) is 106. The molecule has 2 N–H and O–H groups in total. The van der Waals surface area contributed by atoms with Crippen LogP contribution in [0.15, 0.2) is 412 Å². The first-order valence-electron chi connectivity index (χ1n) is 49.3. The van der Waals surface area contributed by atoms with Crippen molar-refractivity contribution in [1.29, 1.82) is 0 Å². The van der Waals surface area contributed by atoms with Crippen LogP contribution in [0, 0.1) is 6.92 Å². The molecule has 16 heteroatoms. The van der Waals surface area contributed by atoms with Gasteiger partial charge in [0.1, 0.15) is 6.10 Å². The third-order valence-electron chi connectivity index (χ3n) is 26.6. The standard InChI is InChI=1S/C22H20O2.C20H17BrO.C19H15BrO.C19H16O.C19H14O.C12H12.C8H6BrClO.C8H7BrO2.C3H5ClO/c1-3-7-17-11-21-19(9-15(17)5-1)10-16-6-2-4-8-18(16)12-22(21)24-14-20-13-23-20;1-2-14-11-15-7-3-4-8-16(15)12-18(14)20(22)13-17-9-5-6-10-19(17)21;1-13-10-14-6-2-3-7-15(14)11-17(13)19(21)12-16-8-4-5-9-18(16)20;2*20-19-12-16-8-4-2-6-14(16)10-17-9-13-5-1-3-7-15(13)11-18(17)19;1-2-10-7-8-11-5-3-4-6-12(11)9-10;2*9-7-4-2-1-3-6(7)5-8(10)11;4-1-3-2-5-3/h1-9,11,20,22H,10,12-14H2;3-12H,2,13H2,1H3;2-11H,12H2,1H3;1-9,11,19-20H,10,12H2;1-9,11H,10,12H2;3-9H,2H2,1H3;1-4H,5H2;1-4H,5H2,(H,10,11);3H,1-2H2. The smallest absolute Gasteiger partial charge is 0.307 e. The van der Waals surface area contributed by atoms with E-state index in [1.54, 1.807) is 6.07 Å². The molecule has 19 aromatic carbocycles. The first-order valence-corrected chi connectivity index (χ1v) is 53.4. The molecule has 3 aliphatic carbocycles. The van der Waals surface area contributed by atoms with Crippen LogP contribution in [0.1, 0.15) is 157 Å². The lowest BCUT2D eigenvalue weighted by Crippen LogP contribution is -2.12. The maximum Gasteiger partial charge on any atom is 0.307 e. The highest BCUT2D eigenvalue weighted by molar-refractivity contribution is 9.11. The summed E-state index contributed by atoms with van der Waals surface area (Å²) in [6.07, 6.45) is 8.48. The lowest BCUT2D eigenvalue weighted by atomic mass is 9.94. The number of hydrogen-bond acceptors (Lipinski definition) is 9. The summed E-state index contributed by atoms with van der Waals surface area (Å²) in [5, 5.41) is 33.3. The number of aliphatic hydroxyl groups excluding tert-OH is 1. The van der Waals surface area contributed by atoms with Crippen LogP contribution in [0.3, 0.4) is 0 Å². The summed E-state index contributed by atoms with van der Waals surface area (Å²) in [5.41, 5.74) is 24.0. The summed E-state index contributed by atoms with van der Waals surface area (Å²) in [5.74, 6) is 0.423. The Hall–Kier alpha value is -12.8. The minimum atomic E-state index is -0.808. The zero-order valence-electron chi connectivity index (χ0n) is 81.6. The Morgan fingerprint density at radius 2 is 0.692 bits per heavy atom. The molecule has 0 bridgehead atoms. The monoisotopic (exact) mass is 2220 g/mol. The molecule has 4 unspecified atom stereocenters. The Balaban J connectivity index is 0.000000120. The third-order valence-corrected chi connectivity index (χ3v) is 30.2. The van der Waals surface area contributed by atoms with Crippen LogP contribution in [0.5, 0.6) is 0 Å². The number of alkyl halides is 1. The third kappa shape index (κ3) is 29.2. The van der Waals surface area contributed by atoms with Gasteiger partial charge in [0.25, 0.3) is 0 Å². The molecule has 2 saturated heterocycles. The molecule has 146 heavy (non-hydrogen) atoms. The van der Waals surface area contributed by atoms with Gasteiger partial charge in [0.15, 0.2) is 17.3 Å². The number of carboxylic acid groups (broad SMARTS) is 1. The summed E-state index contributed by atoms with van der Waals surface area (Å²) in [6, 6.07) is 134. The van der Waals surface area contributed by atoms with Crippen molar-refractivity contribution in [3.63, 3.8) is 0 Å². The topological polar surface area (TPSA) is 160 Å². The van der Waals surface area contributed by atoms with Crippen LogP contribution in [0.25, 0.3) is 64.6 Å². The van der Waals surface area contributed by atoms with Gasteiger partial charge in [-0.1, -0.05) is 417 Å². The highest BCUT2D eigenvalue weighted by Gasteiger charge is 2.30. The number of ketones is 3. The Labute approximate surface area is 897 Å². The zero-order chi connectivity index (χ0) is 102. The molecule has 10 nitrogen and oxygen atoms in total. The Bertz CT molecular complexity index is 7830. The molecule has 24 rings (SSSR count). The molecule has 5 aliphatic rings. The van der Waals surface area contributed by atoms with Crippen molar-refractivity contribution in [2.45, 2.75) is 122 Å². The zero-order valence-corrected chi connectivity index (χ0v) is 89.4. The number of epoxide rings is 2. The molecule has 734 valence electrons. The Kier molecular flexibility index (Phi) is 37.8. The Morgan fingerprint density at radius 3 is 1.14 bits per heavy atom. The molecule has 0 radical (unpaired) electrons. The predicted octanol–water partition coefficient (Wildman–Crippen LogP) is 32.4. The first-order chi connectivity index (χ1) is 71.0. The van der Waals surface area contributed by atoms with E-state index in [4.69, 9.17) is 42.5 Å². The van der Waals surface area contributed by atoms with Gasteiger partial charge in [-0.2, -0.15) is 0 Å². The number of rotatable bonds is 16. The number of benzene rings is 19. The maximum atomic E-state index is 12.8. The van der Waals surface area contributed by atoms with Gasteiger partial charge in [-0.25, -0.2) is 0 Å². The number of aryl methyl sites for hydroxylation is 3. The van der Waals surface area contributed by atoms with E-state index in [2.05, 4.69) is 308 Å². The van der Waals surface area contributed by atoms with Gasteiger partial charge >= 0.3 is 5.97 Å². The van der Waals surface area contributed by atoms with Gasteiger partial charge in [0.05, 0.1) is 50.4 Å². The van der Waals surface area contributed by atoms with Crippen molar-refractivity contribution in [3.8, 4) is 0 Å². The van der Waals surface area contributed by atoms with Crippen LogP contribution < -0.4 is 0 Å². The molecule has 0 amide bonds. The number of fused-ring (bicyclic) bond motifs is 12. The number of halogens is 6. The highest BCUT2D eigenvalue weighted by Crippen LogP contribution is 2.39. The number of carbonyl (C=O) groups is 5. The molecular weight excluding hydrogens is 2110 g/mol. The van der Waals surface area contributed by atoms with Gasteiger partial charge < -0.3 is 24.4 Å². The van der Waals surface area contributed by atoms with E-state index in [-0.39, 0.29) is 41.5 Å². The van der Waals surface area contributed by atoms with E-state index in [1.807, 2.05) is 165 Å². The van der Waals surface area contributed by atoms with Gasteiger partial charge in [-0.05, 0) is 270 Å². The number of ether oxygens (including phenoxy) is 3. The van der Waals surface area contributed by atoms with Gasteiger partial charge in [-0.3, -0.25) is 24.0 Å². The SMILES string of the molecule is CCc1cc2ccccc2cc1C(=O)Cc1ccccc1Br.CCc1ccc2ccccc2c1.Cc1cc2ccccc2cc1C(=O)Cc1ccccc1Br.ClCC1CO1.O=C(Cl)Cc1ccccc1Br.O=C(O)Cc1ccccc1Br.O=C1Cc2ccccc2Cc2cc3ccccc3cc21.OC1Cc2ccccc2Cc2cc3ccccc3cc21.c1ccc2c(c1)Cc1cc3ccccc3cc1C(OCC1CO1)C2. The molecule has 0 spiro atoms. The van der Waals surface area contributed by atoms with Crippen molar-refractivity contribution in [2.24, 2.45) is 0 Å². The van der Waals surface area contributed by atoms with E-state index in [0.29, 0.717) is 50.4 Å². The van der Waals surface area contributed by atoms with Crippen LogP contribution in [-0.4, -0.2) is 76.7 Å². The molecule has 2 fully saturated rings. The average Bonchev–Trinajstić information content (AvgIpc) is 1.65. The summed E-state index contributed by atoms with van der Waals surface area (Å²) in [4.78, 5) is 58.7. The van der Waals surface area contributed by atoms with Crippen LogP contribution in [-0.2, 0) is 101 Å².